The van der Waals surface area contributed by atoms with Crippen LogP contribution in [0.25, 0.3) is 0 Å². The van der Waals surface area contributed by atoms with Crippen LogP contribution in [0.4, 0.5) is 0 Å². The van der Waals surface area contributed by atoms with Crippen molar-refractivity contribution < 1.29 is 0 Å². The van der Waals surface area contributed by atoms with E-state index in [1.54, 1.807) is 11.3 Å². The van der Waals surface area contributed by atoms with E-state index < -0.39 is 0 Å². The Bertz CT molecular complexity index is 353. The van der Waals surface area contributed by atoms with Gasteiger partial charge in [-0.1, -0.05) is 20.8 Å². The molecule has 0 aliphatic carbocycles. The molecular formula is C15H26N2S. The largest absolute Gasteiger partial charge is 0.311 e. The molecule has 1 aliphatic rings. The second-order valence-electron chi connectivity index (χ2n) is 6.55. The molecule has 0 aromatic carbocycles. The van der Waals surface area contributed by atoms with E-state index in [4.69, 9.17) is 0 Å². The molecule has 0 bridgehead atoms. The lowest BCUT2D eigenvalue weighted by atomic mass is 9.84. The molecule has 0 amide bonds. The number of rotatable bonds is 3. The van der Waals surface area contributed by atoms with Gasteiger partial charge >= 0.3 is 0 Å². The number of hydrogen-bond donors (Lipinski definition) is 1. The third-order valence-electron chi connectivity index (χ3n) is 4.01. The summed E-state index contributed by atoms with van der Waals surface area (Å²) in [5.74, 6) is 0. The predicted octanol–water partition coefficient (Wildman–Crippen LogP) is 3.00. The van der Waals surface area contributed by atoms with Gasteiger partial charge in [0.25, 0.3) is 0 Å². The first kappa shape index (κ1) is 14.0. The summed E-state index contributed by atoms with van der Waals surface area (Å²) in [5, 5.41) is 8.14. The Balaban J connectivity index is 1.89. The lowest BCUT2D eigenvalue weighted by Crippen LogP contribution is -2.59. The lowest BCUT2D eigenvalue weighted by molar-refractivity contribution is 0.0948. The average Bonchev–Trinajstić information content (AvgIpc) is 2.79. The van der Waals surface area contributed by atoms with E-state index in [-0.39, 0.29) is 0 Å². The van der Waals surface area contributed by atoms with Gasteiger partial charge in [0.2, 0.25) is 0 Å². The molecule has 2 nitrogen and oxygen atoms in total. The number of thiophene rings is 1. The van der Waals surface area contributed by atoms with Gasteiger partial charge in [-0.2, -0.15) is 11.3 Å². The van der Waals surface area contributed by atoms with Gasteiger partial charge in [0.15, 0.2) is 0 Å². The van der Waals surface area contributed by atoms with Gasteiger partial charge in [-0.25, -0.2) is 0 Å². The van der Waals surface area contributed by atoms with Gasteiger partial charge in [0.1, 0.15) is 0 Å². The van der Waals surface area contributed by atoms with E-state index in [0.29, 0.717) is 17.5 Å². The predicted molar refractivity (Wildman–Crippen MR) is 80.3 cm³/mol. The van der Waals surface area contributed by atoms with Crippen molar-refractivity contribution in [2.45, 2.75) is 46.2 Å². The first-order chi connectivity index (χ1) is 8.47. The van der Waals surface area contributed by atoms with Gasteiger partial charge in [0.05, 0.1) is 0 Å². The first-order valence-electron chi connectivity index (χ1n) is 6.95. The van der Waals surface area contributed by atoms with E-state index in [1.807, 2.05) is 0 Å². The standard InChI is InChI=1S/C15H26N2S/c1-12-9-16-14(15(2,3)4)10-17(12)7-5-13-6-8-18-11-13/h6,8,11-12,14,16H,5,7,9-10H2,1-4H3. The Morgan fingerprint density at radius 1 is 1.44 bits per heavy atom. The van der Waals surface area contributed by atoms with Crippen LogP contribution in [0.3, 0.4) is 0 Å². The Morgan fingerprint density at radius 2 is 2.22 bits per heavy atom. The summed E-state index contributed by atoms with van der Waals surface area (Å²) in [6.07, 6.45) is 1.19. The summed E-state index contributed by atoms with van der Waals surface area (Å²) >= 11 is 1.80. The van der Waals surface area contributed by atoms with Crippen molar-refractivity contribution in [1.82, 2.24) is 10.2 Å². The average molecular weight is 266 g/mol. The van der Waals surface area contributed by atoms with E-state index in [1.165, 1.54) is 25.1 Å². The molecule has 1 aliphatic heterocycles. The van der Waals surface area contributed by atoms with Crippen LogP contribution in [0, 0.1) is 5.41 Å². The van der Waals surface area contributed by atoms with Crippen LogP contribution in [0.15, 0.2) is 16.8 Å². The van der Waals surface area contributed by atoms with Gasteiger partial charge in [-0.3, -0.25) is 4.90 Å². The fraction of sp³-hybridized carbons (Fsp3) is 0.733. The maximum Gasteiger partial charge on any atom is 0.0244 e. The van der Waals surface area contributed by atoms with Crippen LogP contribution < -0.4 is 5.32 Å². The van der Waals surface area contributed by atoms with Crippen LogP contribution in [-0.4, -0.2) is 36.6 Å². The fourth-order valence-electron chi connectivity index (χ4n) is 2.52. The van der Waals surface area contributed by atoms with E-state index >= 15 is 0 Å². The summed E-state index contributed by atoms with van der Waals surface area (Å²) in [5.41, 5.74) is 1.83. The third-order valence-corrected chi connectivity index (χ3v) is 4.75. The maximum absolute atomic E-state index is 3.69. The molecule has 2 atom stereocenters. The van der Waals surface area contributed by atoms with Crippen molar-refractivity contribution in [2.24, 2.45) is 5.41 Å². The Kier molecular flexibility index (Phi) is 4.46. The highest BCUT2D eigenvalue weighted by atomic mass is 32.1. The second-order valence-corrected chi connectivity index (χ2v) is 7.33. The zero-order valence-corrected chi connectivity index (χ0v) is 12.9. The molecule has 0 saturated carbocycles. The van der Waals surface area contributed by atoms with Gasteiger partial charge < -0.3 is 5.32 Å². The van der Waals surface area contributed by atoms with Crippen LogP contribution >= 0.6 is 11.3 Å². The molecule has 1 aromatic rings. The minimum absolute atomic E-state index is 0.348. The van der Waals surface area contributed by atoms with Crippen molar-refractivity contribution in [2.75, 3.05) is 19.6 Å². The summed E-state index contributed by atoms with van der Waals surface area (Å²) in [4.78, 5) is 2.64. The maximum atomic E-state index is 3.69. The van der Waals surface area contributed by atoms with Crippen molar-refractivity contribution in [3.8, 4) is 0 Å². The zero-order valence-electron chi connectivity index (χ0n) is 12.1. The van der Waals surface area contributed by atoms with Crippen LogP contribution in [-0.2, 0) is 6.42 Å². The van der Waals surface area contributed by atoms with Crippen molar-refractivity contribution in [1.29, 1.82) is 0 Å². The van der Waals surface area contributed by atoms with Crippen molar-refractivity contribution >= 4 is 11.3 Å². The number of nitrogens with one attached hydrogen (secondary N) is 1. The summed E-state index contributed by atoms with van der Waals surface area (Å²) in [7, 11) is 0. The molecule has 2 heterocycles. The molecule has 2 rings (SSSR count). The molecule has 102 valence electrons. The number of piperazine rings is 1. The van der Waals surface area contributed by atoms with Gasteiger partial charge in [-0.05, 0) is 41.1 Å². The smallest absolute Gasteiger partial charge is 0.0244 e. The molecule has 1 aromatic heterocycles. The van der Waals surface area contributed by atoms with Crippen LogP contribution in [0.5, 0.6) is 0 Å². The fourth-order valence-corrected chi connectivity index (χ4v) is 3.22. The lowest BCUT2D eigenvalue weighted by Gasteiger charge is -2.44. The quantitative estimate of drug-likeness (QED) is 0.905. The Morgan fingerprint density at radius 3 is 2.83 bits per heavy atom. The van der Waals surface area contributed by atoms with E-state index in [9.17, 15) is 0 Å². The molecule has 0 radical (unpaired) electrons. The number of nitrogens with zero attached hydrogens (tertiary/aromatic N) is 1. The summed E-state index contributed by atoms with van der Waals surface area (Å²) in [6.45, 7) is 12.8. The van der Waals surface area contributed by atoms with Gasteiger partial charge in [0, 0.05) is 31.7 Å². The Hall–Kier alpha value is -0.380. The highest BCUT2D eigenvalue weighted by Gasteiger charge is 2.31. The summed E-state index contributed by atoms with van der Waals surface area (Å²) < 4.78 is 0. The minimum atomic E-state index is 0.348. The Labute approximate surface area is 115 Å². The molecule has 1 saturated heterocycles. The highest BCUT2D eigenvalue weighted by Crippen LogP contribution is 2.23. The van der Waals surface area contributed by atoms with E-state index in [2.05, 4.69) is 54.7 Å². The molecule has 18 heavy (non-hydrogen) atoms. The monoisotopic (exact) mass is 266 g/mol. The second kappa shape index (κ2) is 5.72. The molecule has 1 fully saturated rings. The van der Waals surface area contributed by atoms with Crippen LogP contribution in [0.1, 0.15) is 33.3 Å². The third kappa shape index (κ3) is 3.56. The zero-order chi connectivity index (χ0) is 13.2. The van der Waals surface area contributed by atoms with Crippen molar-refractivity contribution in [3.05, 3.63) is 22.4 Å². The van der Waals surface area contributed by atoms with Crippen LogP contribution in [0.2, 0.25) is 0 Å². The molecular weight excluding hydrogens is 240 g/mol. The molecule has 0 spiro atoms. The van der Waals surface area contributed by atoms with E-state index in [0.717, 1.165) is 6.54 Å². The first-order valence-corrected chi connectivity index (χ1v) is 7.89. The van der Waals surface area contributed by atoms with Gasteiger partial charge in [-0.15, -0.1) is 0 Å². The normalized spacial score (nSPS) is 26.4. The summed E-state index contributed by atoms with van der Waals surface area (Å²) in [6, 6.07) is 3.51. The molecule has 3 heteroatoms. The topological polar surface area (TPSA) is 15.3 Å². The van der Waals surface area contributed by atoms with Crippen molar-refractivity contribution in [3.63, 3.8) is 0 Å². The highest BCUT2D eigenvalue weighted by molar-refractivity contribution is 7.07. The number of hydrogen-bond acceptors (Lipinski definition) is 3. The SMILES string of the molecule is CC1CNC(C(C)(C)C)CN1CCc1ccsc1. The minimum Gasteiger partial charge on any atom is -0.311 e. The molecule has 2 unspecified atom stereocenters. The molecule has 1 N–H and O–H groups in total.